The molecule has 0 amide bonds. The number of aromatic nitrogens is 3. The van der Waals surface area contributed by atoms with Gasteiger partial charge in [0.05, 0.1) is 5.56 Å². The fourth-order valence-electron chi connectivity index (χ4n) is 2.72. The van der Waals surface area contributed by atoms with E-state index in [1.165, 1.54) is 11.6 Å². The number of hydrogen-bond acceptors (Lipinski definition) is 5. The van der Waals surface area contributed by atoms with Crippen LogP contribution in [-0.4, -0.2) is 20.5 Å². The summed E-state index contributed by atoms with van der Waals surface area (Å²) in [4.78, 5) is 29.4. The first kappa shape index (κ1) is 19.1. The smallest absolute Gasteiger partial charge is 0.291 e. The molecule has 0 atom stereocenters. The predicted molar refractivity (Wildman–Crippen MR) is 107 cm³/mol. The molecule has 0 radical (unpaired) electrons. The summed E-state index contributed by atoms with van der Waals surface area (Å²) in [6.07, 6.45) is 3.22. The van der Waals surface area contributed by atoms with Crippen molar-refractivity contribution in [1.29, 1.82) is 0 Å². The number of nitrogens with one attached hydrogen (secondary N) is 1. The Morgan fingerprint density at radius 2 is 1.93 bits per heavy atom. The number of hydrogen-bond donors (Lipinski definition) is 1. The maximum atomic E-state index is 12.9. The van der Waals surface area contributed by atoms with Gasteiger partial charge in [-0.1, -0.05) is 23.2 Å². The van der Waals surface area contributed by atoms with Crippen LogP contribution in [-0.2, 0) is 6.54 Å². The van der Waals surface area contributed by atoms with Crippen LogP contribution in [0.3, 0.4) is 0 Å². The third-order valence-electron chi connectivity index (χ3n) is 3.87. The van der Waals surface area contributed by atoms with E-state index in [1.807, 2.05) is 0 Å². The van der Waals surface area contributed by atoms with Crippen molar-refractivity contribution >= 4 is 40.4 Å². The van der Waals surface area contributed by atoms with Crippen LogP contribution >= 0.6 is 23.2 Å². The number of halogens is 2. The van der Waals surface area contributed by atoms with Gasteiger partial charge in [0.2, 0.25) is 0 Å². The number of pyridine rings is 1. The Balaban J connectivity index is 2.28. The topological polar surface area (TPSA) is 76.9 Å². The summed E-state index contributed by atoms with van der Waals surface area (Å²) in [7, 11) is 0. The highest BCUT2D eigenvalue weighted by Crippen LogP contribution is 2.29. The second-order valence-corrected chi connectivity index (χ2v) is 6.67. The maximum Gasteiger partial charge on any atom is 0.291 e. The van der Waals surface area contributed by atoms with Crippen LogP contribution in [0.2, 0.25) is 10.0 Å². The number of Topliss-reactive ketones (excluding diaryl/α,β-unsaturated/α-hetero) is 1. The molecule has 0 aliphatic carbocycles. The van der Waals surface area contributed by atoms with Crippen LogP contribution in [0.5, 0.6) is 0 Å². The molecule has 1 aromatic carbocycles. The molecular formula is C19H16Cl2N4O2. The fourth-order valence-corrected chi connectivity index (χ4v) is 3.24. The minimum atomic E-state index is -0.411. The third-order valence-corrected chi connectivity index (χ3v) is 4.31. The normalized spacial score (nSPS) is 10.7. The molecule has 2 heterocycles. The molecule has 3 rings (SSSR count). The van der Waals surface area contributed by atoms with E-state index in [0.717, 1.165) is 0 Å². The second-order valence-electron chi connectivity index (χ2n) is 5.80. The van der Waals surface area contributed by atoms with Crippen LogP contribution < -0.4 is 10.9 Å². The van der Waals surface area contributed by atoms with E-state index in [4.69, 9.17) is 23.2 Å². The molecule has 0 aliphatic rings. The molecule has 0 saturated heterocycles. The Hall–Kier alpha value is -2.70. The van der Waals surface area contributed by atoms with Gasteiger partial charge in [-0.2, -0.15) is 5.10 Å². The number of carbonyl (C=O) groups excluding carboxylic acids is 1. The highest BCUT2D eigenvalue weighted by molar-refractivity contribution is 6.35. The zero-order valence-electron chi connectivity index (χ0n) is 14.7. The molecule has 1 N–H and O–H groups in total. The number of anilines is 2. The molecular weight excluding hydrogens is 387 g/mol. The molecule has 0 unspecified atom stereocenters. The first-order chi connectivity index (χ1) is 12.9. The van der Waals surface area contributed by atoms with Gasteiger partial charge in [-0.15, -0.1) is 0 Å². The van der Waals surface area contributed by atoms with Crippen molar-refractivity contribution in [2.45, 2.75) is 20.4 Å². The van der Waals surface area contributed by atoms with Crippen molar-refractivity contribution in [2.75, 3.05) is 5.32 Å². The summed E-state index contributed by atoms with van der Waals surface area (Å²) in [5.74, 6) is -0.294. The number of nitrogens with zero attached hydrogens (tertiary/aromatic N) is 3. The first-order valence-corrected chi connectivity index (χ1v) is 8.96. The SMILES string of the molecule is CCn1nc(-c2cccnc2)c(C(C)=O)c(Nc2cc(Cl)cc(Cl)c2)c1=O. The van der Waals surface area contributed by atoms with Gasteiger partial charge in [0.15, 0.2) is 5.78 Å². The van der Waals surface area contributed by atoms with Crippen molar-refractivity contribution in [1.82, 2.24) is 14.8 Å². The van der Waals surface area contributed by atoms with E-state index in [0.29, 0.717) is 33.5 Å². The number of ketones is 1. The second kappa shape index (κ2) is 7.90. The highest BCUT2D eigenvalue weighted by atomic mass is 35.5. The Morgan fingerprint density at radius 3 is 2.48 bits per heavy atom. The van der Waals surface area contributed by atoms with E-state index in [1.54, 1.807) is 49.6 Å². The van der Waals surface area contributed by atoms with Gasteiger partial charge < -0.3 is 5.32 Å². The standard InChI is InChI=1S/C19H16Cl2N4O2/c1-3-25-19(27)18(23-15-8-13(20)7-14(21)9-15)16(11(2)26)17(24-25)12-5-4-6-22-10-12/h4-10,23H,3H2,1-2H3. The molecule has 8 heteroatoms. The van der Waals surface area contributed by atoms with E-state index in [9.17, 15) is 9.59 Å². The first-order valence-electron chi connectivity index (χ1n) is 8.20. The van der Waals surface area contributed by atoms with Gasteiger partial charge in [0, 0.05) is 40.2 Å². The summed E-state index contributed by atoms with van der Waals surface area (Å²) in [6, 6.07) is 8.35. The zero-order chi connectivity index (χ0) is 19.6. The lowest BCUT2D eigenvalue weighted by molar-refractivity contribution is 0.101. The molecule has 6 nitrogen and oxygen atoms in total. The van der Waals surface area contributed by atoms with E-state index in [-0.39, 0.29) is 17.0 Å². The molecule has 0 bridgehead atoms. The van der Waals surface area contributed by atoms with E-state index in [2.05, 4.69) is 15.4 Å². The molecule has 0 saturated carbocycles. The van der Waals surface area contributed by atoms with Crippen molar-refractivity contribution in [3.8, 4) is 11.3 Å². The van der Waals surface area contributed by atoms with E-state index >= 15 is 0 Å². The average Bonchev–Trinajstić information content (AvgIpc) is 2.62. The van der Waals surface area contributed by atoms with Gasteiger partial charge >= 0.3 is 0 Å². The predicted octanol–water partition coefficient (Wildman–Crippen LogP) is 4.58. The Morgan fingerprint density at radius 1 is 1.22 bits per heavy atom. The number of aryl methyl sites for hydroxylation is 1. The van der Waals surface area contributed by atoms with Crippen LogP contribution in [0.1, 0.15) is 24.2 Å². The quantitative estimate of drug-likeness (QED) is 0.631. The zero-order valence-corrected chi connectivity index (χ0v) is 16.2. The molecule has 138 valence electrons. The summed E-state index contributed by atoms with van der Waals surface area (Å²) in [5, 5.41) is 8.19. The third kappa shape index (κ3) is 4.02. The van der Waals surface area contributed by atoms with Gasteiger partial charge in [-0.05, 0) is 44.2 Å². The summed E-state index contributed by atoms with van der Waals surface area (Å²) >= 11 is 12.1. The molecule has 0 fully saturated rings. The van der Waals surface area contributed by atoms with Crippen LogP contribution in [0.15, 0.2) is 47.5 Å². The number of benzene rings is 1. The lowest BCUT2D eigenvalue weighted by Crippen LogP contribution is -2.28. The van der Waals surface area contributed by atoms with Gasteiger partial charge in [0.1, 0.15) is 11.4 Å². The average molecular weight is 403 g/mol. The summed E-state index contributed by atoms with van der Waals surface area (Å²) in [6.45, 7) is 3.53. The van der Waals surface area contributed by atoms with Crippen molar-refractivity contribution in [3.63, 3.8) is 0 Å². The molecule has 2 aromatic heterocycles. The van der Waals surface area contributed by atoms with Gasteiger partial charge in [0.25, 0.3) is 5.56 Å². The van der Waals surface area contributed by atoms with Crippen LogP contribution in [0, 0.1) is 0 Å². The minimum Gasteiger partial charge on any atom is -0.350 e. The molecule has 27 heavy (non-hydrogen) atoms. The summed E-state index contributed by atoms with van der Waals surface area (Å²) in [5.41, 5.74) is 1.42. The van der Waals surface area contributed by atoms with Crippen molar-refractivity contribution < 1.29 is 4.79 Å². The van der Waals surface area contributed by atoms with Crippen molar-refractivity contribution in [3.05, 3.63) is 68.7 Å². The highest BCUT2D eigenvalue weighted by Gasteiger charge is 2.22. The Kier molecular flexibility index (Phi) is 5.58. The largest absolute Gasteiger partial charge is 0.350 e. The maximum absolute atomic E-state index is 12.9. The van der Waals surface area contributed by atoms with Crippen LogP contribution in [0.4, 0.5) is 11.4 Å². The monoisotopic (exact) mass is 402 g/mol. The fraction of sp³-hybridized carbons (Fsp3) is 0.158. The Bertz CT molecular complexity index is 1050. The van der Waals surface area contributed by atoms with Crippen molar-refractivity contribution in [2.24, 2.45) is 0 Å². The van der Waals surface area contributed by atoms with E-state index < -0.39 is 5.56 Å². The number of rotatable bonds is 5. The Labute approximate surface area is 165 Å². The lowest BCUT2D eigenvalue weighted by atomic mass is 10.0. The summed E-state index contributed by atoms with van der Waals surface area (Å²) < 4.78 is 1.29. The van der Waals surface area contributed by atoms with Crippen LogP contribution in [0.25, 0.3) is 11.3 Å². The molecule has 0 spiro atoms. The minimum absolute atomic E-state index is 0.122. The molecule has 3 aromatic rings. The van der Waals surface area contributed by atoms with Gasteiger partial charge in [-0.3, -0.25) is 14.6 Å². The molecule has 0 aliphatic heterocycles. The number of carbonyl (C=O) groups is 1. The lowest BCUT2D eigenvalue weighted by Gasteiger charge is -2.16. The van der Waals surface area contributed by atoms with Gasteiger partial charge in [-0.25, -0.2) is 4.68 Å².